The van der Waals surface area contributed by atoms with Crippen LogP contribution < -0.4 is 0 Å². The van der Waals surface area contributed by atoms with Crippen molar-refractivity contribution in [1.29, 1.82) is 0 Å². The summed E-state index contributed by atoms with van der Waals surface area (Å²) in [6, 6.07) is 0. The molecule has 0 bridgehead atoms. The molecule has 15 heavy (non-hydrogen) atoms. The summed E-state index contributed by atoms with van der Waals surface area (Å²) in [5.41, 5.74) is 0. The lowest BCUT2D eigenvalue weighted by Crippen LogP contribution is -2.41. The molecule has 1 nitrogen and oxygen atoms in total. The minimum Gasteiger partial charge on any atom is -0.417 e. The van der Waals surface area contributed by atoms with Crippen LogP contribution in [0.4, 0.5) is 0 Å². The van der Waals surface area contributed by atoms with E-state index in [2.05, 4.69) is 63.4 Å². The quantitative estimate of drug-likeness (QED) is 0.381. The lowest BCUT2D eigenvalue weighted by atomic mass is 10.1. The van der Waals surface area contributed by atoms with Gasteiger partial charge in [-0.2, -0.15) is 0 Å². The summed E-state index contributed by atoms with van der Waals surface area (Å²) in [5, 5.41) is 0.343. The third kappa shape index (κ3) is 6.27. The van der Waals surface area contributed by atoms with Gasteiger partial charge in [0.05, 0.1) is 0 Å². The second-order valence-electron chi connectivity index (χ2n) is 6.01. The van der Waals surface area contributed by atoms with Gasteiger partial charge in [0.15, 0.2) is 8.32 Å². The zero-order chi connectivity index (χ0) is 12.1. The summed E-state index contributed by atoms with van der Waals surface area (Å²) >= 11 is 2.45. The summed E-state index contributed by atoms with van der Waals surface area (Å²) in [7, 11) is -1.51. The topological polar surface area (TPSA) is 9.23 Å². The zero-order valence-corrected chi connectivity index (χ0v) is 14.3. The predicted octanol–water partition coefficient (Wildman–Crippen LogP) is 4.86. The highest BCUT2D eigenvalue weighted by atomic mass is 127. The molecular weight excluding hydrogens is 315 g/mol. The van der Waals surface area contributed by atoms with Gasteiger partial charge in [-0.3, -0.25) is 0 Å². The van der Waals surface area contributed by atoms with Crippen molar-refractivity contribution in [2.45, 2.75) is 58.7 Å². The molecular formula is C12H27IOSi. The van der Waals surface area contributed by atoms with Crippen LogP contribution in [0.25, 0.3) is 0 Å². The molecule has 0 amide bonds. The highest BCUT2D eigenvalue weighted by Gasteiger charge is 2.37. The van der Waals surface area contributed by atoms with Crippen LogP contribution >= 0.6 is 22.6 Å². The molecule has 1 atom stereocenters. The maximum absolute atomic E-state index is 6.19. The Labute approximate surface area is 111 Å². The minimum atomic E-state index is -1.51. The van der Waals surface area contributed by atoms with E-state index in [0.29, 0.717) is 11.0 Å². The molecule has 92 valence electrons. The lowest BCUT2D eigenvalue weighted by molar-refractivity contribution is 0.230. The molecule has 0 spiro atoms. The van der Waals surface area contributed by atoms with Gasteiger partial charge in [0.25, 0.3) is 0 Å². The standard InChI is InChI=1S/C12H27IOSi/c1-11(8-7-9-13)10-14-15(5,6)12(2,3)4/h11H,7-10H2,1-6H3/t11-/m0/s1. The zero-order valence-electron chi connectivity index (χ0n) is 11.2. The molecule has 0 fully saturated rings. The Kier molecular flexibility index (Phi) is 6.99. The van der Waals surface area contributed by atoms with E-state index in [1.54, 1.807) is 0 Å². The molecule has 0 saturated heterocycles. The third-order valence-corrected chi connectivity index (χ3v) is 8.63. The van der Waals surface area contributed by atoms with Gasteiger partial charge in [0, 0.05) is 6.61 Å². The van der Waals surface area contributed by atoms with Gasteiger partial charge in [-0.15, -0.1) is 0 Å². The van der Waals surface area contributed by atoms with Crippen molar-refractivity contribution in [1.82, 2.24) is 0 Å². The summed E-state index contributed by atoms with van der Waals surface area (Å²) in [5.74, 6) is 0.717. The highest BCUT2D eigenvalue weighted by Crippen LogP contribution is 2.36. The maximum atomic E-state index is 6.19. The molecule has 0 saturated carbocycles. The van der Waals surface area contributed by atoms with E-state index in [0.717, 1.165) is 6.61 Å². The molecule has 0 aliphatic rings. The fraction of sp³-hybridized carbons (Fsp3) is 1.00. The van der Waals surface area contributed by atoms with Crippen LogP contribution in [-0.2, 0) is 4.43 Å². The average molecular weight is 342 g/mol. The number of hydrogen-bond donors (Lipinski definition) is 0. The van der Waals surface area contributed by atoms with Gasteiger partial charge in [-0.05, 0) is 41.3 Å². The van der Waals surface area contributed by atoms with Crippen LogP contribution in [0.15, 0.2) is 0 Å². The molecule has 3 heteroatoms. The first-order valence-electron chi connectivity index (χ1n) is 5.90. The molecule has 0 aromatic rings. The molecule has 0 aliphatic heterocycles. The normalized spacial score (nSPS) is 15.4. The maximum Gasteiger partial charge on any atom is 0.191 e. The molecule has 0 aromatic heterocycles. The van der Waals surface area contributed by atoms with E-state index >= 15 is 0 Å². The van der Waals surface area contributed by atoms with Gasteiger partial charge in [0.1, 0.15) is 0 Å². The molecule has 0 N–H and O–H groups in total. The third-order valence-electron chi connectivity index (χ3n) is 3.37. The van der Waals surface area contributed by atoms with E-state index in [4.69, 9.17) is 4.43 Å². The van der Waals surface area contributed by atoms with Crippen molar-refractivity contribution in [3.05, 3.63) is 0 Å². The van der Waals surface area contributed by atoms with Crippen molar-refractivity contribution < 1.29 is 4.43 Å². The van der Waals surface area contributed by atoms with Crippen LogP contribution in [0.3, 0.4) is 0 Å². The Morgan fingerprint density at radius 3 is 2.20 bits per heavy atom. The van der Waals surface area contributed by atoms with Gasteiger partial charge in [0.2, 0.25) is 0 Å². The number of alkyl halides is 1. The molecule has 0 heterocycles. The molecule has 0 aromatic carbocycles. The Balaban J connectivity index is 3.93. The van der Waals surface area contributed by atoms with E-state index < -0.39 is 8.32 Å². The fourth-order valence-corrected chi connectivity index (χ4v) is 2.65. The van der Waals surface area contributed by atoms with E-state index in [1.165, 1.54) is 17.3 Å². The lowest BCUT2D eigenvalue weighted by Gasteiger charge is -2.37. The van der Waals surface area contributed by atoms with Crippen molar-refractivity contribution in [3.63, 3.8) is 0 Å². The highest BCUT2D eigenvalue weighted by molar-refractivity contribution is 14.1. The molecule has 0 rings (SSSR count). The van der Waals surface area contributed by atoms with Crippen LogP contribution in [0.5, 0.6) is 0 Å². The first kappa shape index (κ1) is 15.9. The van der Waals surface area contributed by atoms with E-state index in [9.17, 15) is 0 Å². The summed E-state index contributed by atoms with van der Waals surface area (Å²) in [6.07, 6.45) is 2.63. The number of rotatable bonds is 6. The molecule has 0 unspecified atom stereocenters. The van der Waals surface area contributed by atoms with Gasteiger partial charge < -0.3 is 4.43 Å². The SMILES string of the molecule is C[C@@H](CCCI)CO[Si](C)(C)C(C)(C)C. The Hall–Kier alpha value is 0.907. The second kappa shape index (κ2) is 6.60. The average Bonchev–Trinajstić information content (AvgIpc) is 2.09. The van der Waals surface area contributed by atoms with Crippen LogP contribution in [0.2, 0.25) is 18.1 Å². The van der Waals surface area contributed by atoms with Crippen molar-refractivity contribution in [2.75, 3.05) is 11.0 Å². The fourth-order valence-electron chi connectivity index (χ4n) is 1.08. The van der Waals surface area contributed by atoms with Gasteiger partial charge >= 0.3 is 0 Å². The van der Waals surface area contributed by atoms with E-state index in [1.807, 2.05) is 0 Å². The predicted molar refractivity (Wildman–Crippen MR) is 80.4 cm³/mol. The Morgan fingerprint density at radius 2 is 1.80 bits per heavy atom. The Bertz CT molecular complexity index is 175. The smallest absolute Gasteiger partial charge is 0.191 e. The minimum absolute atomic E-state index is 0.343. The summed E-state index contributed by atoms with van der Waals surface area (Å²) < 4.78 is 7.46. The molecule has 0 aliphatic carbocycles. The monoisotopic (exact) mass is 342 g/mol. The molecule has 0 radical (unpaired) electrons. The van der Waals surface area contributed by atoms with Crippen LogP contribution in [0, 0.1) is 5.92 Å². The van der Waals surface area contributed by atoms with Crippen molar-refractivity contribution >= 4 is 30.9 Å². The Morgan fingerprint density at radius 1 is 1.27 bits per heavy atom. The van der Waals surface area contributed by atoms with Crippen molar-refractivity contribution in [3.8, 4) is 0 Å². The van der Waals surface area contributed by atoms with Crippen molar-refractivity contribution in [2.24, 2.45) is 5.92 Å². The van der Waals surface area contributed by atoms with Gasteiger partial charge in [-0.25, -0.2) is 0 Å². The van der Waals surface area contributed by atoms with E-state index in [-0.39, 0.29) is 0 Å². The number of halogens is 1. The second-order valence-corrected chi connectivity index (χ2v) is 11.9. The number of hydrogen-bond acceptors (Lipinski definition) is 1. The van der Waals surface area contributed by atoms with Crippen LogP contribution in [0.1, 0.15) is 40.5 Å². The first-order chi connectivity index (χ1) is 6.70. The summed E-state index contributed by atoms with van der Waals surface area (Å²) in [4.78, 5) is 0. The first-order valence-corrected chi connectivity index (χ1v) is 10.3. The summed E-state index contributed by atoms with van der Waals surface area (Å²) in [6.45, 7) is 14.8. The van der Waals surface area contributed by atoms with Crippen LogP contribution in [-0.4, -0.2) is 19.4 Å². The largest absolute Gasteiger partial charge is 0.417 e. The van der Waals surface area contributed by atoms with Gasteiger partial charge in [-0.1, -0.05) is 50.3 Å².